The first-order chi connectivity index (χ1) is 8.69. The van der Waals surface area contributed by atoms with E-state index >= 15 is 0 Å². The van der Waals surface area contributed by atoms with Crippen LogP contribution in [-0.4, -0.2) is 21.8 Å². The molecule has 0 radical (unpaired) electrons. The van der Waals surface area contributed by atoms with E-state index in [1.807, 2.05) is 30.1 Å². The van der Waals surface area contributed by atoms with Crippen LogP contribution in [0, 0.1) is 0 Å². The van der Waals surface area contributed by atoms with Gasteiger partial charge in [-0.1, -0.05) is 6.07 Å². The number of nitrogens with zero attached hydrogens (tertiary/aromatic N) is 3. The largest absolute Gasteiger partial charge is 0.436 e. The molecule has 0 amide bonds. The molecule has 2 aromatic rings. The zero-order chi connectivity index (χ0) is 13.0. The van der Waals surface area contributed by atoms with Crippen molar-refractivity contribution in [2.45, 2.75) is 26.4 Å². The summed E-state index contributed by atoms with van der Waals surface area (Å²) in [5, 5.41) is 7.29. The normalized spacial score (nSPS) is 10.9. The topological polar surface area (TPSA) is 52.0 Å². The number of nitrogens with one attached hydrogen (secondary N) is 1. The summed E-state index contributed by atoms with van der Waals surface area (Å²) in [6.45, 7) is 4.95. The first-order valence-corrected chi connectivity index (χ1v) is 6.00. The van der Waals surface area contributed by atoms with Crippen molar-refractivity contribution in [1.29, 1.82) is 0 Å². The highest BCUT2D eigenvalue weighted by molar-refractivity contribution is 5.24. The van der Waals surface area contributed by atoms with Crippen molar-refractivity contribution >= 4 is 0 Å². The molecular formula is C13H18N4O. The summed E-state index contributed by atoms with van der Waals surface area (Å²) in [5.74, 6) is 1.29. The van der Waals surface area contributed by atoms with Gasteiger partial charge in [0, 0.05) is 24.8 Å². The second kappa shape index (κ2) is 5.64. The maximum absolute atomic E-state index is 5.63. The van der Waals surface area contributed by atoms with Gasteiger partial charge in [0.25, 0.3) is 0 Å². The molecule has 0 saturated heterocycles. The van der Waals surface area contributed by atoms with Gasteiger partial charge in [0.1, 0.15) is 0 Å². The van der Waals surface area contributed by atoms with Crippen molar-refractivity contribution in [2.75, 3.05) is 7.05 Å². The summed E-state index contributed by atoms with van der Waals surface area (Å²) >= 11 is 0. The Kier molecular flexibility index (Phi) is 3.94. The minimum Gasteiger partial charge on any atom is -0.436 e. The van der Waals surface area contributed by atoms with E-state index in [1.165, 1.54) is 0 Å². The van der Waals surface area contributed by atoms with Crippen LogP contribution in [0.5, 0.6) is 11.6 Å². The van der Waals surface area contributed by atoms with Crippen LogP contribution in [0.15, 0.2) is 30.7 Å². The van der Waals surface area contributed by atoms with E-state index < -0.39 is 0 Å². The van der Waals surface area contributed by atoms with Gasteiger partial charge in [-0.3, -0.25) is 4.68 Å². The highest BCUT2D eigenvalue weighted by Gasteiger charge is 2.04. The Morgan fingerprint density at radius 3 is 2.72 bits per heavy atom. The van der Waals surface area contributed by atoms with Gasteiger partial charge in [0.2, 0.25) is 5.88 Å². The lowest BCUT2D eigenvalue weighted by Gasteiger charge is -2.04. The lowest BCUT2D eigenvalue weighted by atomic mass is 10.3. The number of rotatable bonds is 5. The van der Waals surface area contributed by atoms with Gasteiger partial charge in [-0.15, -0.1) is 0 Å². The van der Waals surface area contributed by atoms with Gasteiger partial charge < -0.3 is 10.1 Å². The number of hydrogen-bond donors (Lipinski definition) is 1. The molecule has 5 heteroatoms. The van der Waals surface area contributed by atoms with Crippen LogP contribution in [0.3, 0.4) is 0 Å². The molecule has 18 heavy (non-hydrogen) atoms. The molecule has 0 spiro atoms. The van der Waals surface area contributed by atoms with Crippen molar-refractivity contribution in [3.8, 4) is 11.6 Å². The third kappa shape index (κ3) is 3.07. The standard InChI is InChI=1S/C13H18N4O/c1-10(2)17-9-12(8-16-17)18-13-5-4-11(6-14-3)7-15-13/h4-5,7-10,14H,6H2,1-3H3. The molecule has 2 heterocycles. The van der Waals surface area contributed by atoms with Crippen LogP contribution in [0.4, 0.5) is 0 Å². The highest BCUT2D eigenvalue weighted by atomic mass is 16.5. The van der Waals surface area contributed by atoms with Crippen molar-refractivity contribution in [3.63, 3.8) is 0 Å². The molecule has 1 N–H and O–H groups in total. The second-order valence-electron chi connectivity index (χ2n) is 4.39. The quantitative estimate of drug-likeness (QED) is 0.880. The van der Waals surface area contributed by atoms with Crippen molar-refractivity contribution in [3.05, 3.63) is 36.3 Å². The first kappa shape index (κ1) is 12.6. The summed E-state index contributed by atoms with van der Waals surface area (Å²) in [5.41, 5.74) is 1.13. The molecular weight excluding hydrogens is 228 g/mol. The summed E-state index contributed by atoms with van der Waals surface area (Å²) in [7, 11) is 1.91. The van der Waals surface area contributed by atoms with Crippen LogP contribution in [0.2, 0.25) is 0 Å². The molecule has 0 aliphatic heterocycles. The number of pyridine rings is 1. The minimum absolute atomic E-state index is 0.327. The Bertz CT molecular complexity index is 490. The Hall–Kier alpha value is -1.88. The van der Waals surface area contributed by atoms with Gasteiger partial charge in [-0.05, 0) is 26.5 Å². The molecule has 0 atom stereocenters. The fourth-order valence-corrected chi connectivity index (χ4v) is 1.56. The van der Waals surface area contributed by atoms with Crippen LogP contribution in [0.25, 0.3) is 0 Å². The molecule has 0 unspecified atom stereocenters. The predicted molar refractivity (Wildman–Crippen MR) is 69.7 cm³/mol. The van der Waals surface area contributed by atoms with Gasteiger partial charge in [-0.25, -0.2) is 4.98 Å². The van der Waals surface area contributed by atoms with Gasteiger partial charge >= 0.3 is 0 Å². The van der Waals surface area contributed by atoms with Crippen LogP contribution in [-0.2, 0) is 6.54 Å². The molecule has 2 aromatic heterocycles. The maximum atomic E-state index is 5.63. The molecule has 96 valence electrons. The number of hydrogen-bond acceptors (Lipinski definition) is 4. The first-order valence-electron chi connectivity index (χ1n) is 6.00. The Labute approximate surface area is 107 Å². The highest BCUT2D eigenvalue weighted by Crippen LogP contribution is 2.19. The van der Waals surface area contributed by atoms with Crippen LogP contribution >= 0.6 is 0 Å². The zero-order valence-corrected chi connectivity index (χ0v) is 10.9. The Balaban J connectivity index is 2.03. The predicted octanol–water partition coefficient (Wildman–Crippen LogP) is 2.37. The smallest absolute Gasteiger partial charge is 0.219 e. The molecule has 0 saturated carbocycles. The molecule has 0 aliphatic rings. The zero-order valence-electron chi connectivity index (χ0n) is 10.9. The van der Waals surface area contributed by atoms with Gasteiger partial charge in [0.05, 0.1) is 12.4 Å². The third-order valence-corrected chi connectivity index (χ3v) is 2.51. The fourth-order valence-electron chi connectivity index (χ4n) is 1.56. The molecule has 5 nitrogen and oxygen atoms in total. The molecule has 0 bridgehead atoms. The van der Waals surface area contributed by atoms with E-state index in [0.717, 1.165) is 12.1 Å². The lowest BCUT2D eigenvalue weighted by Crippen LogP contribution is -2.05. The van der Waals surface area contributed by atoms with E-state index in [-0.39, 0.29) is 0 Å². The van der Waals surface area contributed by atoms with E-state index in [4.69, 9.17) is 4.74 Å². The SMILES string of the molecule is CNCc1ccc(Oc2cnn(C(C)C)c2)nc1. The van der Waals surface area contributed by atoms with E-state index in [9.17, 15) is 0 Å². The number of ether oxygens (including phenoxy) is 1. The summed E-state index contributed by atoms with van der Waals surface area (Å²) in [6, 6.07) is 4.18. The second-order valence-corrected chi connectivity index (χ2v) is 4.39. The van der Waals surface area contributed by atoms with Gasteiger partial charge in [-0.2, -0.15) is 5.10 Å². The summed E-state index contributed by atoms with van der Waals surface area (Å²) in [4.78, 5) is 4.25. The maximum Gasteiger partial charge on any atom is 0.219 e. The molecule has 2 rings (SSSR count). The fraction of sp³-hybridized carbons (Fsp3) is 0.385. The van der Waals surface area contributed by atoms with Crippen LogP contribution < -0.4 is 10.1 Å². The third-order valence-electron chi connectivity index (χ3n) is 2.51. The van der Waals surface area contributed by atoms with Crippen LogP contribution in [0.1, 0.15) is 25.5 Å². The van der Waals surface area contributed by atoms with E-state index in [0.29, 0.717) is 17.7 Å². The number of aromatic nitrogens is 3. The van der Waals surface area contributed by atoms with Gasteiger partial charge in [0.15, 0.2) is 5.75 Å². The average molecular weight is 246 g/mol. The summed E-state index contributed by atoms with van der Waals surface area (Å²) in [6.07, 6.45) is 5.37. The Morgan fingerprint density at radius 1 is 1.33 bits per heavy atom. The average Bonchev–Trinajstić information content (AvgIpc) is 2.81. The molecule has 0 aromatic carbocycles. The van der Waals surface area contributed by atoms with E-state index in [1.54, 1.807) is 12.4 Å². The Morgan fingerprint density at radius 2 is 2.17 bits per heavy atom. The van der Waals surface area contributed by atoms with E-state index in [2.05, 4.69) is 29.2 Å². The monoisotopic (exact) mass is 246 g/mol. The summed E-state index contributed by atoms with van der Waals surface area (Å²) < 4.78 is 7.48. The lowest BCUT2D eigenvalue weighted by molar-refractivity contribution is 0.458. The minimum atomic E-state index is 0.327. The van der Waals surface area contributed by atoms with Crippen molar-refractivity contribution < 1.29 is 4.74 Å². The molecule has 0 aliphatic carbocycles. The van der Waals surface area contributed by atoms with Crippen molar-refractivity contribution in [2.24, 2.45) is 0 Å². The molecule has 0 fully saturated rings. The van der Waals surface area contributed by atoms with Crippen molar-refractivity contribution in [1.82, 2.24) is 20.1 Å².